The molecule has 2 aromatic carbocycles. The number of aryl methyl sites for hydroxylation is 2. The first-order valence-electron chi connectivity index (χ1n) is 6.55. The number of hydrogen-bond donors (Lipinski definition) is 2. The fourth-order valence-corrected chi connectivity index (χ4v) is 2.98. The van der Waals surface area contributed by atoms with Crippen molar-refractivity contribution in [2.45, 2.75) is 25.8 Å². The number of phenols is 1. The maximum Gasteiger partial charge on any atom is 0.120 e. The van der Waals surface area contributed by atoms with Crippen molar-refractivity contribution in [1.82, 2.24) is 0 Å². The average molecular weight is 318 g/mol. The monoisotopic (exact) mass is 317 g/mol. The van der Waals surface area contributed by atoms with Crippen molar-refractivity contribution in [2.75, 3.05) is 5.32 Å². The van der Waals surface area contributed by atoms with Crippen LogP contribution in [0.3, 0.4) is 0 Å². The number of aromatic hydroxyl groups is 1. The summed E-state index contributed by atoms with van der Waals surface area (Å²) in [5.74, 6) is 0.330. The first-order valence-corrected chi connectivity index (χ1v) is 7.35. The highest BCUT2D eigenvalue weighted by Crippen LogP contribution is 2.26. The van der Waals surface area contributed by atoms with Crippen LogP contribution in [0.15, 0.2) is 40.9 Å². The number of anilines is 1. The van der Waals surface area contributed by atoms with Gasteiger partial charge < -0.3 is 10.4 Å². The Balaban J connectivity index is 1.74. The van der Waals surface area contributed by atoms with Gasteiger partial charge in [0.25, 0.3) is 0 Å². The molecular weight excluding hydrogens is 302 g/mol. The summed E-state index contributed by atoms with van der Waals surface area (Å²) >= 11 is 3.42. The SMILES string of the molecule is Oc1ccc(Br)cc1CNc1ccc2c(c1)CCC2. The van der Waals surface area contributed by atoms with Crippen molar-refractivity contribution in [2.24, 2.45) is 0 Å². The molecule has 1 aliphatic carbocycles. The predicted octanol–water partition coefficient (Wildman–Crippen LogP) is 4.26. The number of fused-ring (bicyclic) bond motifs is 1. The lowest BCUT2D eigenvalue weighted by molar-refractivity contribution is 0.469. The van der Waals surface area contributed by atoms with Gasteiger partial charge in [0.05, 0.1) is 0 Å². The van der Waals surface area contributed by atoms with Crippen LogP contribution in [0.4, 0.5) is 5.69 Å². The zero-order valence-electron chi connectivity index (χ0n) is 10.6. The standard InChI is InChI=1S/C16H16BrNO/c17-14-5-7-16(19)13(8-14)10-18-15-6-4-11-2-1-3-12(11)9-15/h4-9,18-19H,1-3,10H2. The summed E-state index contributed by atoms with van der Waals surface area (Å²) in [4.78, 5) is 0. The molecule has 2 aromatic rings. The molecule has 0 saturated carbocycles. The summed E-state index contributed by atoms with van der Waals surface area (Å²) in [5.41, 5.74) is 4.97. The van der Waals surface area contributed by atoms with Gasteiger partial charge in [-0.1, -0.05) is 22.0 Å². The molecule has 0 amide bonds. The number of halogens is 1. The van der Waals surface area contributed by atoms with Gasteiger partial charge in [-0.25, -0.2) is 0 Å². The number of phenolic OH excluding ortho intramolecular Hbond substituents is 1. The van der Waals surface area contributed by atoms with E-state index >= 15 is 0 Å². The van der Waals surface area contributed by atoms with Gasteiger partial charge in [-0.2, -0.15) is 0 Å². The Kier molecular flexibility index (Phi) is 3.47. The highest BCUT2D eigenvalue weighted by molar-refractivity contribution is 9.10. The third-order valence-corrected chi connectivity index (χ3v) is 4.12. The summed E-state index contributed by atoms with van der Waals surface area (Å²) in [6.07, 6.45) is 3.67. The van der Waals surface area contributed by atoms with E-state index in [0.29, 0.717) is 12.3 Å². The van der Waals surface area contributed by atoms with Crippen LogP contribution in [0.5, 0.6) is 5.75 Å². The minimum atomic E-state index is 0.330. The van der Waals surface area contributed by atoms with Crippen LogP contribution in [0.2, 0.25) is 0 Å². The molecule has 0 bridgehead atoms. The van der Waals surface area contributed by atoms with Crippen LogP contribution >= 0.6 is 15.9 Å². The van der Waals surface area contributed by atoms with Gasteiger partial charge in [0.15, 0.2) is 0 Å². The van der Waals surface area contributed by atoms with Gasteiger partial charge >= 0.3 is 0 Å². The fourth-order valence-electron chi connectivity index (χ4n) is 2.57. The molecule has 98 valence electrons. The summed E-state index contributed by atoms with van der Waals surface area (Å²) < 4.78 is 0.982. The van der Waals surface area contributed by atoms with Crippen molar-refractivity contribution in [3.05, 3.63) is 57.6 Å². The summed E-state index contributed by atoms with van der Waals surface area (Å²) in [7, 11) is 0. The first-order chi connectivity index (χ1) is 9.22. The fraction of sp³-hybridized carbons (Fsp3) is 0.250. The Morgan fingerprint density at radius 3 is 2.79 bits per heavy atom. The second-order valence-electron chi connectivity index (χ2n) is 4.96. The summed E-state index contributed by atoms with van der Waals surface area (Å²) in [6, 6.07) is 12.1. The van der Waals surface area contributed by atoms with Crippen LogP contribution in [0, 0.1) is 0 Å². The third-order valence-electron chi connectivity index (χ3n) is 3.62. The van der Waals surface area contributed by atoms with E-state index in [9.17, 15) is 5.11 Å². The van der Waals surface area contributed by atoms with Crippen molar-refractivity contribution < 1.29 is 5.11 Å². The predicted molar refractivity (Wildman–Crippen MR) is 81.6 cm³/mol. The van der Waals surface area contributed by atoms with Crippen LogP contribution in [0.1, 0.15) is 23.1 Å². The lowest BCUT2D eigenvalue weighted by Crippen LogP contribution is -2.00. The molecule has 19 heavy (non-hydrogen) atoms. The highest BCUT2D eigenvalue weighted by atomic mass is 79.9. The molecule has 0 heterocycles. The van der Waals surface area contributed by atoms with Gasteiger partial charge in [-0.15, -0.1) is 0 Å². The Morgan fingerprint density at radius 2 is 1.89 bits per heavy atom. The van der Waals surface area contributed by atoms with E-state index in [1.165, 1.54) is 30.4 Å². The van der Waals surface area contributed by atoms with Gasteiger partial charge in [-0.05, 0) is 60.7 Å². The molecule has 0 saturated heterocycles. The zero-order chi connectivity index (χ0) is 13.2. The molecule has 0 radical (unpaired) electrons. The molecule has 0 spiro atoms. The Labute approximate surface area is 121 Å². The molecule has 0 fully saturated rings. The number of hydrogen-bond acceptors (Lipinski definition) is 2. The van der Waals surface area contributed by atoms with Crippen LogP contribution in [-0.4, -0.2) is 5.11 Å². The molecule has 3 heteroatoms. The third kappa shape index (κ3) is 2.76. The van der Waals surface area contributed by atoms with Gasteiger partial charge in [0, 0.05) is 22.3 Å². The topological polar surface area (TPSA) is 32.3 Å². The summed E-state index contributed by atoms with van der Waals surface area (Å²) in [6.45, 7) is 0.629. The number of benzene rings is 2. The highest BCUT2D eigenvalue weighted by Gasteiger charge is 2.10. The minimum Gasteiger partial charge on any atom is -0.508 e. The van der Waals surface area contributed by atoms with E-state index in [1.54, 1.807) is 6.07 Å². The van der Waals surface area contributed by atoms with Crippen molar-refractivity contribution in [3.63, 3.8) is 0 Å². The van der Waals surface area contributed by atoms with Gasteiger partial charge in [0.1, 0.15) is 5.75 Å². The zero-order valence-corrected chi connectivity index (χ0v) is 12.2. The Hall–Kier alpha value is -1.48. The second kappa shape index (κ2) is 5.25. The molecule has 2 N–H and O–H groups in total. The molecule has 2 nitrogen and oxygen atoms in total. The maximum atomic E-state index is 9.81. The molecule has 0 aliphatic heterocycles. The molecule has 0 aromatic heterocycles. The van der Waals surface area contributed by atoms with E-state index in [1.807, 2.05) is 12.1 Å². The van der Waals surface area contributed by atoms with Crippen LogP contribution < -0.4 is 5.32 Å². The molecular formula is C16H16BrNO. The number of nitrogens with one attached hydrogen (secondary N) is 1. The summed E-state index contributed by atoms with van der Waals surface area (Å²) in [5, 5.41) is 13.2. The second-order valence-corrected chi connectivity index (χ2v) is 5.88. The maximum absolute atomic E-state index is 9.81. The van der Waals surface area contributed by atoms with Crippen molar-refractivity contribution in [1.29, 1.82) is 0 Å². The minimum absolute atomic E-state index is 0.330. The Morgan fingerprint density at radius 1 is 1.05 bits per heavy atom. The Bertz CT molecular complexity index is 610. The van der Waals surface area contributed by atoms with Gasteiger partial charge in [-0.3, -0.25) is 0 Å². The van der Waals surface area contributed by atoms with Crippen molar-refractivity contribution >= 4 is 21.6 Å². The van der Waals surface area contributed by atoms with E-state index < -0.39 is 0 Å². The van der Waals surface area contributed by atoms with Crippen molar-refractivity contribution in [3.8, 4) is 5.75 Å². The first kappa shape index (κ1) is 12.5. The largest absolute Gasteiger partial charge is 0.508 e. The lowest BCUT2D eigenvalue weighted by atomic mass is 10.1. The van der Waals surface area contributed by atoms with Crippen LogP contribution in [0.25, 0.3) is 0 Å². The molecule has 0 atom stereocenters. The molecule has 1 aliphatic rings. The quantitative estimate of drug-likeness (QED) is 0.886. The van der Waals surface area contributed by atoms with E-state index in [0.717, 1.165) is 15.7 Å². The lowest BCUT2D eigenvalue weighted by Gasteiger charge is -2.10. The van der Waals surface area contributed by atoms with E-state index in [2.05, 4.69) is 39.4 Å². The average Bonchev–Trinajstić information content (AvgIpc) is 2.87. The molecule has 3 rings (SSSR count). The van der Waals surface area contributed by atoms with E-state index in [4.69, 9.17) is 0 Å². The van der Waals surface area contributed by atoms with Gasteiger partial charge in [0.2, 0.25) is 0 Å². The van der Waals surface area contributed by atoms with Crippen LogP contribution in [-0.2, 0) is 19.4 Å². The number of rotatable bonds is 3. The normalized spacial score (nSPS) is 13.3. The smallest absolute Gasteiger partial charge is 0.120 e. The van der Waals surface area contributed by atoms with E-state index in [-0.39, 0.29) is 0 Å². The molecule has 0 unspecified atom stereocenters.